The van der Waals surface area contributed by atoms with Gasteiger partial charge in [-0.1, -0.05) is 72.4 Å². The molecular formula is C50H46F2N8O3S4. The van der Waals surface area contributed by atoms with Crippen molar-refractivity contribution in [2.75, 3.05) is 24.0 Å². The molecule has 0 N–H and O–H groups in total. The Morgan fingerprint density at radius 3 is 1.75 bits per heavy atom. The zero-order valence-electron chi connectivity index (χ0n) is 36.7. The van der Waals surface area contributed by atoms with Crippen molar-refractivity contribution in [1.82, 2.24) is 39.0 Å². The van der Waals surface area contributed by atoms with E-state index in [2.05, 4.69) is 49.9 Å². The summed E-state index contributed by atoms with van der Waals surface area (Å²) in [6, 6.07) is 35.9. The number of benzene rings is 4. The predicted octanol–water partition coefficient (Wildman–Crippen LogP) is 10.3. The van der Waals surface area contributed by atoms with E-state index in [1.165, 1.54) is 54.0 Å². The second kappa shape index (κ2) is 20.6. The number of fused-ring (bicyclic) bond motifs is 2. The van der Waals surface area contributed by atoms with Gasteiger partial charge < -0.3 is 9.13 Å². The molecule has 4 aromatic heterocycles. The lowest BCUT2D eigenvalue weighted by molar-refractivity contribution is 0.549. The minimum absolute atomic E-state index is 0.0407. The molecule has 4 aromatic carbocycles. The molecule has 11 nitrogen and oxygen atoms in total. The van der Waals surface area contributed by atoms with Crippen molar-refractivity contribution >= 4 is 44.2 Å². The van der Waals surface area contributed by atoms with Crippen LogP contribution in [0.5, 0.6) is 0 Å². The standard InChI is InChI=1S/C25H23FN4O3S2.C25H23FN4S2/c1-34(31)25-27-14-13-21(28-25)24-23(18-7-9-19(26)10-8-18)29-22-12-11-20(30(22)24)16-35(32,33)15-17-5-3-2-4-6-17;1-31-25-27-14-13-21(28-25)24-23(18-7-9-19(26)10-8-18)29-22-12-11-20(30(22)24)16-32-15-17-5-3-2-4-6-17/h2-10,13-14,20H,11-12,15-16H2,1H3;2-10,13-14,20H,11-12,15-16H2,1H3/t20-,34?;20-/m00/s1. The molecule has 67 heavy (non-hydrogen) atoms. The maximum Gasteiger partial charge on any atom is 0.218 e. The fourth-order valence-electron chi connectivity index (χ4n) is 8.62. The second-order valence-corrected chi connectivity index (χ2v) is 21.4. The van der Waals surface area contributed by atoms with Gasteiger partial charge in [-0.05, 0) is 90.9 Å². The Balaban J connectivity index is 0.000000169. The van der Waals surface area contributed by atoms with Gasteiger partial charge in [-0.15, -0.1) is 0 Å². The van der Waals surface area contributed by atoms with Gasteiger partial charge in [-0.2, -0.15) is 11.8 Å². The van der Waals surface area contributed by atoms with E-state index in [1.807, 2.05) is 46.9 Å². The second-order valence-electron chi connectivity index (χ2n) is 16.2. The van der Waals surface area contributed by atoms with Crippen LogP contribution in [-0.2, 0) is 45.0 Å². The van der Waals surface area contributed by atoms with Crippen molar-refractivity contribution in [1.29, 1.82) is 0 Å². The van der Waals surface area contributed by atoms with Crippen molar-refractivity contribution in [3.8, 4) is 45.3 Å². The maximum absolute atomic E-state index is 13.6. The number of thioether (sulfide) groups is 2. The van der Waals surface area contributed by atoms with Crippen LogP contribution in [0.15, 0.2) is 144 Å². The average molecular weight is 973 g/mol. The van der Waals surface area contributed by atoms with Gasteiger partial charge >= 0.3 is 0 Å². The minimum atomic E-state index is -3.42. The summed E-state index contributed by atoms with van der Waals surface area (Å²) in [5, 5.41) is 0.908. The van der Waals surface area contributed by atoms with Gasteiger partial charge in [-0.25, -0.2) is 47.1 Å². The molecule has 0 aliphatic carbocycles. The highest BCUT2D eigenvalue weighted by molar-refractivity contribution is 7.98. The molecule has 342 valence electrons. The van der Waals surface area contributed by atoms with Crippen LogP contribution in [0.4, 0.5) is 8.78 Å². The smallest absolute Gasteiger partial charge is 0.218 e. The molecule has 17 heteroatoms. The molecule has 0 fully saturated rings. The SMILES string of the molecule is CS(=O)c1nccc(-c2c(-c3ccc(F)cc3)nc3n2[C@H](CS(=O)(=O)Cc2ccccc2)CC3)n1.CSc1nccc(-c2c(-c3ccc(F)cc3)nc3n2[C@H](CSCc2ccccc2)CC3)n1. The molecule has 0 saturated carbocycles. The lowest BCUT2D eigenvalue weighted by atomic mass is 10.1. The Morgan fingerprint density at radius 1 is 0.657 bits per heavy atom. The Labute approximate surface area is 399 Å². The van der Waals surface area contributed by atoms with Gasteiger partial charge in [0, 0.05) is 66.2 Å². The van der Waals surface area contributed by atoms with Crippen LogP contribution in [0.1, 0.15) is 47.7 Å². The van der Waals surface area contributed by atoms with E-state index in [-0.39, 0.29) is 34.3 Å². The minimum Gasteiger partial charge on any atom is -0.322 e. The third-order valence-electron chi connectivity index (χ3n) is 11.6. The van der Waals surface area contributed by atoms with Gasteiger partial charge in [0.15, 0.2) is 15.0 Å². The Bertz CT molecular complexity index is 3140. The van der Waals surface area contributed by atoms with Gasteiger partial charge in [0.05, 0.1) is 56.5 Å². The van der Waals surface area contributed by atoms with Gasteiger partial charge in [0.1, 0.15) is 23.3 Å². The van der Waals surface area contributed by atoms with Gasteiger partial charge in [0.25, 0.3) is 0 Å². The predicted molar refractivity (Wildman–Crippen MR) is 263 cm³/mol. The summed E-state index contributed by atoms with van der Waals surface area (Å²) in [6.07, 6.45) is 10.1. The number of imidazole rings is 2. The van der Waals surface area contributed by atoms with E-state index < -0.39 is 20.6 Å². The molecule has 0 spiro atoms. The third kappa shape index (κ3) is 10.6. The molecular weight excluding hydrogens is 927 g/mol. The molecule has 0 saturated heterocycles. The summed E-state index contributed by atoms with van der Waals surface area (Å²) in [4.78, 5) is 27.5. The van der Waals surface area contributed by atoms with Crippen LogP contribution in [0.25, 0.3) is 45.3 Å². The molecule has 3 atom stereocenters. The number of halogens is 2. The summed E-state index contributed by atoms with van der Waals surface area (Å²) >= 11 is 3.47. The molecule has 10 rings (SSSR count). The average Bonchev–Trinajstić information content (AvgIpc) is 4.12. The largest absolute Gasteiger partial charge is 0.322 e. The van der Waals surface area contributed by atoms with Crippen molar-refractivity contribution in [2.45, 2.75) is 59.6 Å². The van der Waals surface area contributed by atoms with E-state index >= 15 is 0 Å². The van der Waals surface area contributed by atoms with Crippen molar-refractivity contribution in [3.63, 3.8) is 0 Å². The quantitative estimate of drug-likeness (QED) is 0.0760. The summed E-state index contributed by atoms with van der Waals surface area (Å²) in [5.74, 6) is 3.13. The van der Waals surface area contributed by atoms with Crippen LogP contribution >= 0.6 is 23.5 Å². The Kier molecular flexibility index (Phi) is 14.2. The molecule has 8 aromatic rings. The molecule has 2 aliphatic rings. The van der Waals surface area contributed by atoms with Crippen LogP contribution in [0.3, 0.4) is 0 Å². The van der Waals surface area contributed by atoms with Gasteiger partial charge in [-0.3, -0.25) is 4.21 Å². The van der Waals surface area contributed by atoms with E-state index in [0.29, 0.717) is 41.5 Å². The first kappa shape index (κ1) is 46.2. The number of rotatable bonds is 14. The highest BCUT2D eigenvalue weighted by atomic mass is 32.2. The Morgan fingerprint density at radius 2 is 1.18 bits per heavy atom. The number of aryl methyl sites for hydroxylation is 2. The Hall–Kier alpha value is -5.88. The first-order valence-corrected chi connectivity index (χ1v) is 27.4. The summed E-state index contributed by atoms with van der Waals surface area (Å²) in [7, 11) is -4.82. The molecule has 6 heterocycles. The van der Waals surface area contributed by atoms with E-state index in [9.17, 15) is 21.4 Å². The third-order valence-corrected chi connectivity index (χ3v) is 15.7. The number of hydrogen-bond acceptors (Lipinski definition) is 11. The fraction of sp³-hybridized carbons (Fsp3) is 0.240. The lowest BCUT2D eigenvalue weighted by Gasteiger charge is -2.18. The molecule has 1 unspecified atom stereocenters. The van der Waals surface area contributed by atoms with Crippen LogP contribution in [0, 0.1) is 11.6 Å². The molecule has 0 bridgehead atoms. The van der Waals surface area contributed by atoms with E-state index in [1.54, 1.807) is 48.7 Å². The maximum atomic E-state index is 13.6. The molecule has 0 amide bonds. The number of aromatic nitrogens is 8. The van der Waals surface area contributed by atoms with Crippen molar-refractivity contribution < 1.29 is 21.4 Å². The van der Waals surface area contributed by atoms with Crippen molar-refractivity contribution in [3.05, 3.63) is 168 Å². The molecule has 2 aliphatic heterocycles. The number of sulfone groups is 1. The number of nitrogens with zero attached hydrogens (tertiary/aromatic N) is 8. The zero-order chi connectivity index (χ0) is 46.5. The molecule has 0 radical (unpaired) electrons. The first-order chi connectivity index (χ1) is 32.5. The van der Waals surface area contributed by atoms with Crippen LogP contribution in [0.2, 0.25) is 0 Å². The monoisotopic (exact) mass is 972 g/mol. The topological polar surface area (TPSA) is 138 Å². The summed E-state index contributed by atoms with van der Waals surface area (Å²) < 4.78 is 69.8. The first-order valence-electron chi connectivity index (χ1n) is 21.7. The summed E-state index contributed by atoms with van der Waals surface area (Å²) in [6.45, 7) is 0. The highest BCUT2D eigenvalue weighted by Crippen LogP contribution is 2.42. The van der Waals surface area contributed by atoms with E-state index in [0.717, 1.165) is 69.4 Å². The normalized spacial score (nSPS) is 15.7. The zero-order valence-corrected chi connectivity index (χ0v) is 40.0. The summed E-state index contributed by atoms with van der Waals surface area (Å²) in [5.41, 5.74) is 8.11. The van der Waals surface area contributed by atoms with Crippen molar-refractivity contribution in [2.24, 2.45) is 0 Å². The number of hydrogen-bond donors (Lipinski definition) is 0. The van der Waals surface area contributed by atoms with E-state index in [4.69, 9.17) is 15.0 Å². The highest BCUT2D eigenvalue weighted by Gasteiger charge is 2.34. The van der Waals surface area contributed by atoms with Crippen LogP contribution in [-0.4, -0.2) is 75.7 Å². The lowest BCUT2D eigenvalue weighted by Crippen LogP contribution is -2.20. The van der Waals surface area contributed by atoms with Crippen LogP contribution < -0.4 is 0 Å². The van der Waals surface area contributed by atoms with Gasteiger partial charge in [0.2, 0.25) is 5.16 Å². The fourth-order valence-corrected chi connectivity index (χ4v) is 12.3.